The molecule has 5 rings (SSSR count). The minimum absolute atomic E-state index is 0.0363. The highest BCUT2D eigenvalue weighted by molar-refractivity contribution is 7.85. The first-order valence-electron chi connectivity index (χ1n) is 17.9. The van der Waals surface area contributed by atoms with Gasteiger partial charge in [0.2, 0.25) is 17.7 Å². The molecule has 1 aliphatic heterocycles. The van der Waals surface area contributed by atoms with E-state index in [0.717, 1.165) is 0 Å². The third kappa shape index (κ3) is 9.37. The van der Waals surface area contributed by atoms with Crippen molar-refractivity contribution >= 4 is 56.6 Å². The van der Waals surface area contributed by atoms with Crippen molar-refractivity contribution in [3.8, 4) is 11.6 Å². The van der Waals surface area contributed by atoms with Crippen molar-refractivity contribution in [2.24, 2.45) is 11.3 Å². The maximum atomic E-state index is 14.5. The summed E-state index contributed by atoms with van der Waals surface area (Å²) in [4.78, 5) is 61.3. The fraction of sp³-hybridized carbons (Fsp3) is 0.595. The Morgan fingerprint density at radius 3 is 2.41 bits per heavy atom. The number of nitrogens with zero attached hydrogens (tertiary/aromatic N) is 2. The van der Waals surface area contributed by atoms with Gasteiger partial charge in [-0.15, -0.1) is 6.58 Å². The molecule has 0 spiro atoms. The Morgan fingerprint density at radius 1 is 1.15 bits per heavy atom. The molecule has 3 aliphatic rings. The number of aromatic nitrogens is 1. The Kier molecular flexibility index (Phi) is 11.3. The average molecular weight is 792 g/mol. The molecule has 54 heavy (non-hydrogen) atoms. The topological polar surface area (TPSA) is 192 Å². The van der Waals surface area contributed by atoms with Crippen molar-refractivity contribution in [1.82, 2.24) is 25.2 Å². The number of ether oxygens (including phenoxy) is 3. The lowest BCUT2D eigenvalue weighted by Gasteiger charge is -2.36. The highest BCUT2D eigenvalue weighted by Gasteiger charge is 2.62. The van der Waals surface area contributed by atoms with Gasteiger partial charge in [-0.2, -0.15) is 8.42 Å². The smallest absolute Gasteiger partial charge is 0.408 e. The molecule has 2 aliphatic carbocycles. The van der Waals surface area contributed by atoms with Crippen LogP contribution in [0.25, 0.3) is 10.9 Å². The summed E-state index contributed by atoms with van der Waals surface area (Å²) in [7, 11) is -4.50. The van der Waals surface area contributed by atoms with Gasteiger partial charge in [0.05, 0.1) is 29.3 Å². The van der Waals surface area contributed by atoms with Crippen LogP contribution in [0.1, 0.15) is 81.1 Å². The van der Waals surface area contributed by atoms with E-state index in [1.807, 2.05) is 4.72 Å². The maximum Gasteiger partial charge on any atom is 0.408 e. The second-order valence-electron chi connectivity index (χ2n) is 16.4. The molecule has 4 amide bonds. The number of likely N-dealkylation sites (tertiary alicyclic amines) is 1. The van der Waals surface area contributed by atoms with Gasteiger partial charge in [-0.05, 0) is 71.4 Å². The molecule has 296 valence electrons. The number of fused-ring (bicyclic) bond motifs is 1. The number of alkyl carbamates (subject to hydrolysis) is 1. The Labute approximate surface area is 321 Å². The molecule has 15 nitrogen and oxygen atoms in total. The highest BCUT2D eigenvalue weighted by Crippen LogP contribution is 2.46. The number of para-hydroxylation sites is 1. The van der Waals surface area contributed by atoms with Crippen LogP contribution in [0.2, 0.25) is 5.02 Å². The Balaban J connectivity index is 1.47. The predicted octanol–water partition coefficient (Wildman–Crippen LogP) is 4.57. The van der Waals surface area contributed by atoms with E-state index >= 15 is 0 Å². The van der Waals surface area contributed by atoms with Crippen LogP contribution in [0.15, 0.2) is 36.9 Å². The molecular weight excluding hydrogens is 742 g/mol. The number of rotatable bonds is 13. The predicted molar refractivity (Wildman–Crippen MR) is 200 cm³/mol. The van der Waals surface area contributed by atoms with Crippen LogP contribution in [0.5, 0.6) is 11.6 Å². The van der Waals surface area contributed by atoms with Crippen molar-refractivity contribution in [3.05, 3.63) is 41.9 Å². The minimum Gasteiger partial charge on any atom is -0.488 e. The number of nitrogens with one attached hydrogen (secondary N) is 3. The van der Waals surface area contributed by atoms with E-state index in [1.165, 1.54) is 11.0 Å². The van der Waals surface area contributed by atoms with Gasteiger partial charge in [0, 0.05) is 23.8 Å². The van der Waals surface area contributed by atoms with Crippen molar-refractivity contribution in [2.75, 3.05) is 13.2 Å². The zero-order chi connectivity index (χ0) is 40.0. The summed E-state index contributed by atoms with van der Waals surface area (Å²) in [6.45, 7) is 17.8. The summed E-state index contributed by atoms with van der Waals surface area (Å²) in [5, 5.41) is 6.37. The number of pyridine rings is 1. The third-order valence-electron chi connectivity index (χ3n) is 9.47. The summed E-state index contributed by atoms with van der Waals surface area (Å²) >= 11 is 6.49. The second-order valence-corrected chi connectivity index (χ2v) is 18.1. The van der Waals surface area contributed by atoms with Crippen molar-refractivity contribution in [1.29, 1.82) is 0 Å². The Bertz CT molecular complexity index is 1940. The molecule has 17 heteroatoms. The normalized spacial score (nSPS) is 23.9. The monoisotopic (exact) mass is 791 g/mol. The van der Waals surface area contributed by atoms with Gasteiger partial charge in [-0.3, -0.25) is 14.4 Å². The summed E-state index contributed by atoms with van der Waals surface area (Å²) in [5.41, 5.74) is -3.83. The average Bonchev–Trinajstić information content (AvgIpc) is 3.91. The molecule has 3 N–H and O–H groups in total. The largest absolute Gasteiger partial charge is 0.488 e. The summed E-state index contributed by atoms with van der Waals surface area (Å²) in [5.74, 6) is -2.31. The number of benzene rings is 1. The van der Waals surface area contributed by atoms with Crippen molar-refractivity contribution in [2.45, 2.75) is 116 Å². The van der Waals surface area contributed by atoms with E-state index in [2.05, 4.69) is 22.2 Å². The van der Waals surface area contributed by atoms with E-state index in [-0.39, 0.29) is 25.3 Å². The van der Waals surface area contributed by atoms with Gasteiger partial charge < -0.3 is 29.7 Å². The first-order chi connectivity index (χ1) is 25.0. The first-order valence-corrected chi connectivity index (χ1v) is 19.7. The van der Waals surface area contributed by atoms with Crippen molar-refractivity contribution in [3.63, 3.8) is 0 Å². The van der Waals surface area contributed by atoms with Gasteiger partial charge in [-0.1, -0.05) is 44.5 Å². The fourth-order valence-corrected chi connectivity index (χ4v) is 7.72. The van der Waals surface area contributed by atoms with Crippen LogP contribution in [-0.2, 0) is 33.6 Å². The molecule has 2 heterocycles. The van der Waals surface area contributed by atoms with Crippen LogP contribution in [0.4, 0.5) is 4.79 Å². The Hall–Kier alpha value is -4.15. The van der Waals surface area contributed by atoms with Gasteiger partial charge in [-0.25, -0.2) is 18.7 Å². The SMILES string of the molecule is C=C[C@@H]1C[C@]1(NC(=O)[C@@H]1C[C@@H](Oc2cc(OCC)nc3c(Cl)cccc23)CN1C(=O)[C@@H](NC(=O)OC(C)(C)C)C(C)(C)C)C(=O)NS(=O)(=O)OC1(C)CC1. The van der Waals surface area contributed by atoms with E-state index < -0.39 is 80.4 Å². The van der Waals surface area contributed by atoms with Crippen LogP contribution in [0.3, 0.4) is 0 Å². The molecule has 1 aromatic carbocycles. The first kappa shape index (κ1) is 41.0. The summed E-state index contributed by atoms with van der Waals surface area (Å²) in [6.07, 6.45) is 0.913. The third-order valence-corrected chi connectivity index (χ3v) is 10.8. The minimum atomic E-state index is -4.50. The number of halogens is 1. The van der Waals surface area contributed by atoms with Crippen LogP contribution < -0.4 is 24.8 Å². The molecule has 2 saturated carbocycles. The van der Waals surface area contributed by atoms with E-state index in [1.54, 1.807) is 79.7 Å². The Morgan fingerprint density at radius 2 is 1.83 bits per heavy atom. The molecule has 1 aromatic heterocycles. The lowest BCUT2D eigenvalue weighted by Crippen LogP contribution is -2.60. The summed E-state index contributed by atoms with van der Waals surface area (Å²) < 4.78 is 50.3. The quantitative estimate of drug-likeness (QED) is 0.241. The van der Waals surface area contributed by atoms with E-state index in [9.17, 15) is 27.6 Å². The molecule has 1 saturated heterocycles. The van der Waals surface area contributed by atoms with Gasteiger partial charge in [0.15, 0.2) is 0 Å². The molecule has 0 bridgehead atoms. The molecule has 5 atom stereocenters. The molecule has 0 radical (unpaired) electrons. The van der Waals surface area contributed by atoms with Gasteiger partial charge in [0.25, 0.3) is 5.91 Å². The summed E-state index contributed by atoms with van der Waals surface area (Å²) in [6, 6.07) is 4.42. The van der Waals surface area contributed by atoms with Crippen LogP contribution in [-0.4, -0.2) is 90.2 Å². The number of amides is 4. The second kappa shape index (κ2) is 14.8. The van der Waals surface area contributed by atoms with E-state index in [0.29, 0.717) is 41.1 Å². The van der Waals surface area contributed by atoms with E-state index in [4.69, 9.17) is 30.0 Å². The molecular formula is C37H50ClN5O10S. The van der Waals surface area contributed by atoms with Crippen LogP contribution >= 0.6 is 11.6 Å². The number of carbonyl (C=O) groups excluding carboxylic acids is 4. The standard InChI is InChI=1S/C37H50ClN5O10S/c1-10-21-19-37(21,32(46)42-54(48,49)53-36(9)15-16-36)41-30(44)25-17-22(51-26-18-27(50-11-2)39-28-23(26)13-12-14-24(28)38)20-43(25)31(45)29(34(3,4)5)40-33(47)52-35(6,7)8/h10,12-14,18,21-22,25,29H,1,11,15-17,19-20H2,2-9H3,(H,40,47)(H,41,44)(H,42,46)/t21-,22-,25+,29-,37-/m1/s1. The van der Waals surface area contributed by atoms with Gasteiger partial charge >= 0.3 is 16.4 Å². The zero-order valence-corrected chi connectivity index (χ0v) is 33.5. The number of carbonyl (C=O) groups is 4. The number of hydrogen-bond donors (Lipinski definition) is 3. The fourth-order valence-electron chi connectivity index (χ4n) is 6.36. The zero-order valence-electron chi connectivity index (χ0n) is 31.9. The lowest BCUT2D eigenvalue weighted by atomic mass is 9.85. The molecule has 2 aromatic rings. The maximum absolute atomic E-state index is 14.5. The number of hydrogen-bond acceptors (Lipinski definition) is 11. The lowest BCUT2D eigenvalue weighted by molar-refractivity contribution is -0.143. The van der Waals surface area contributed by atoms with Crippen molar-refractivity contribution < 1.29 is 46.0 Å². The van der Waals surface area contributed by atoms with Gasteiger partial charge in [0.1, 0.15) is 35.1 Å². The molecule has 3 fully saturated rings. The van der Waals surface area contributed by atoms with Crippen LogP contribution in [0, 0.1) is 11.3 Å². The highest BCUT2D eigenvalue weighted by atomic mass is 35.5. The molecule has 0 unspecified atom stereocenters.